The first-order valence-electron chi connectivity index (χ1n) is 12.0. The summed E-state index contributed by atoms with van der Waals surface area (Å²) in [5, 5.41) is 0.856. The Morgan fingerprint density at radius 3 is 2.59 bits per heavy atom. The van der Waals surface area contributed by atoms with Crippen LogP contribution in [0.5, 0.6) is 0 Å². The van der Waals surface area contributed by atoms with Crippen molar-refractivity contribution in [3.63, 3.8) is 0 Å². The maximum Gasteiger partial charge on any atom is 0.225 e. The molecular formula is C25H31FN6OS. The van der Waals surface area contributed by atoms with E-state index in [1.54, 1.807) is 11.8 Å². The van der Waals surface area contributed by atoms with Crippen molar-refractivity contribution in [2.75, 3.05) is 32.4 Å². The number of imidazole rings is 1. The molecular weight excluding hydrogens is 451 g/mol. The van der Waals surface area contributed by atoms with Crippen molar-refractivity contribution in [2.45, 2.75) is 50.4 Å². The summed E-state index contributed by atoms with van der Waals surface area (Å²) in [7, 11) is 0. The smallest absolute Gasteiger partial charge is 0.225 e. The van der Waals surface area contributed by atoms with Crippen molar-refractivity contribution in [1.82, 2.24) is 29.3 Å². The Hall–Kier alpha value is -2.52. The first-order valence-corrected chi connectivity index (χ1v) is 13.2. The molecule has 5 heterocycles. The van der Waals surface area contributed by atoms with Crippen LogP contribution in [0.15, 0.2) is 35.7 Å². The Balaban J connectivity index is 1.17. The lowest BCUT2D eigenvalue weighted by molar-refractivity contribution is -0.138. The minimum absolute atomic E-state index is 0.118. The third-order valence-corrected chi connectivity index (χ3v) is 7.75. The largest absolute Gasteiger partial charge is 0.342 e. The number of piperidine rings is 2. The molecule has 3 aromatic rings. The van der Waals surface area contributed by atoms with E-state index in [0.717, 1.165) is 74.9 Å². The van der Waals surface area contributed by atoms with Crippen LogP contribution >= 0.6 is 11.8 Å². The highest BCUT2D eigenvalue weighted by Crippen LogP contribution is 2.32. The molecule has 2 saturated heterocycles. The van der Waals surface area contributed by atoms with E-state index < -0.39 is 0 Å². The SMILES string of the molecule is CSc1nc2cc(F)cnc2n1C1CCN(C(=O)C2CCN(Cc3ccnc(C)c3)CC2)CC1. The zero-order valence-corrected chi connectivity index (χ0v) is 20.6. The van der Waals surface area contributed by atoms with E-state index in [9.17, 15) is 9.18 Å². The van der Waals surface area contributed by atoms with E-state index in [1.165, 1.54) is 17.8 Å². The Kier molecular flexibility index (Phi) is 6.83. The van der Waals surface area contributed by atoms with Gasteiger partial charge >= 0.3 is 0 Å². The van der Waals surface area contributed by atoms with Gasteiger partial charge in [-0.25, -0.2) is 14.4 Å². The monoisotopic (exact) mass is 482 g/mol. The van der Waals surface area contributed by atoms with Gasteiger partial charge in [-0.2, -0.15) is 0 Å². The van der Waals surface area contributed by atoms with Gasteiger partial charge in [0, 0.05) is 49.6 Å². The van der Waals surface area contributed by atoms with Gasteiger partial charge in [0.15, 0.2) is 10.8 Å². The number of likely N-dealkylation sites (tertiary alicyclic amines) is 2. The molecule has 7 nitrogen and oxygen atoms in total. The number of pyridine rings is 2. The normalized spacial score (nSPS) is 18.6. The first-order chi connectivity index (χ1) is 16.5. The van der Waals surface area contributed by atoms with Gasteiger partial charge < -0.3 is 9.47 Å². The van der Waals surface area contributed by atoms with E-state index in [4.69, 9.17) is 0 Å². The quantitative estimate of drug-likeness (QED) is 0.511. The number of hydrogen-bond donors (Lipinski definition) is 0. The number of halogens is 1. The molecule has 0 unspecified atom stereocenters. The zero-order valence-electron chi connectivity index (χ0n) is 19.8. The number of carbonyl (C=O) groups is 1. The highest BCUT2D eigenvalue weighted by Gasteiger charge is 2.32. The van der Waals surface area contributed by atoms with Crippen LogP contribution in [0, 0.1) is 18.7 Å². The minimum Gasteiger partial charge on any atom is -0.342 e. The summed E-state index contributed by atoms with van der Waals surface area (Å²) in [6, 6.07) is 5.88. The van der Waals surface area contributed by atoms with Gasteiger partial charge in [-0.3, -0.25) is 14.7 Å². The fraction of sp³-hybridized carbons (Fsp3) is 0.520. The van der Waals surface area contributed by atoms with E-state index in [2.05, 4.69) is 36.6 Å². The molecule has 34 heavy (non-hydrogen) atoms. The fourth-order valence-electron chi connectivity index (χ4n) is 5.31. The second-order valence-electron chi connectivity index (χ2n) is 9.38. The van der Waals surface area contributed by atoms with Crippen molar-refractivity contribution in [1.29, 1.82) is 0 Å². The number of hydrogen-bond acceptors (Lipinski definition) is 6. The summed E-state index contributed by atoms with van der Waals surface area (Å²) in [5.41, 5.74) is 3.65. The van der Waals surface area contributed by atoms with Crippen LogP contribution in [0.4, 0.5) is 4.39 Å². The van der Waals surface area contributed by atoms with Gasteiger partial charge in [0.2, 0.25) is 5.91 Å². The van der Waals surface area contributed by atoms with E-state index in [1.807, 2.05) is 24.3 Å². The van der Waals surface area contributed by atoms with Gasteiger partial charge in [-0.1, -0.05) is 11.8 Å². The molecule has 2 aliphatic heterocycles. The fourth-order valence-corrected chi connectivity index (χ4v) is 5.93. The molecule has 0 spiro atoms. The average Bonchev–Trinajstić information content (AvgIpc) is 3.22. The van der Waals surface area contributed by atoms with Crippen molar-refractivity contribution < 1.29 is 9.18 Å². The van der Waals surface area contributed by atoms with Crippen LogP contribution < -0.4 is 0 Å². The van der Waals surface area contributed by atoms with Crippen LogP contribution in [-0.4, -0.2) is 67.7 Å². The highest BCUT2D eigenvalue weighted by atomic mass is 32.2. The van der Waals surface area contributed by atoms with Gasteiger partial charge in [-0.15, -0.1) is 0 Å². The third-order valence-electron chi connectivity index (χ3n) is 7.09. The second kappa shape index (κ2) is 10.00. The molecule has 0 atom stereocenters. The first kappa shape index (κ1) is 23.2. The number of aryl methyl sites for hydroxylation is 1. The molecule has 2 fully saturated rings. The molecule has 1 amide bonds. The third kappa shape index (κ3) is 4.81. The lowest BCUT2D eigenvalue weighted by Gasteiger charge is -2.37. The molecule has 0 saturated carbocycles. The number of carbonyl (C=O) groups excluding carboxylic acids is 1. The number of thioether (sulfide) groups is 1. The molecule has 9 heteroatoms. The average molecular weight is 483 g/mol. The van der Waals surface area contributed by atoms with E-state index in [0.29, 0.717) is 11.4 Å². The van der Waals surface area contributed by atoms with Crippen molar-refractivity contribution in [3.8, 4) is 0 Å². The second-order valence-corrected chi connectivity index (χ2v) is 10.2. The molecule has 0 aliphatic carbocycles. The maximum atomic E-state index is 13.6. The Bertz CT molecular complexity index is 1170. The lowest BCUT2D eigenvalue weighted by Crippen LogP contribution is -2.45. The van der Waals surface area contributed by atoms with E-state index >= 15 is 0 Å². The molecule has 5 rings (SSSR count). The lowest BCUT2D eigenvalue weighted by atomic mass is 9.93. The number of amides is 1. The van der Waals surface area contributed by atoms with Crippen LogP contribution in [-0.2, 0) is 11.3 Å². The van der Waals surface area contributed by atoms with Crippen LogP contribution in [0.2, 0.25) is 0 Å². The number of rotatable bonds is 5. The number of nitrogens with zero attached hydrogens (tertiary/aromatic N) is 6. The van der Waals surface area contributed by atoms with Crippen molar-refractivity contribution >= 4 is 28.8 Å². The Labute approximate surface area is 203 Å². The van der Waals surface area contributed by atoms with Gasteiger partial charge in [0.25, 0.3) is 0 Å². The number of aromatic nitrogens is 4. The zero-order chi connectivity index (χ0) is 23.7. The van der Waals surface area contributed by atoms with Crippen LogP contribution in [0.1, 0.15) is 43.0 Å². The molecule has 0 radical (unpaired) electrons. The highest BCUT2D eigenvalue weighted by molar-refractivity contribution is 7.98. The molecule has 0 N–H and O–H groups in total. The molecule has 0 bridgehead atoms. The molecule has 180 valence electrons. The van der Waals surface area contributed by atoms with E-state index in [-0.39, 0.29) is 17.8 Å². The van der Waals surface area contributed by atoms with Gasteiger partial charge in [0.1, 0.15) is 11.3 Å². The Morgan fingerprint density at radius 1 is 1.12 bits per heavy atom. The molecule has 2 aliphatic rings. The molecule has 0 aromatic carbocycles. The Morgan fingerprint density at radius 2 is 1.88 bits per heavy atom. The predicted molar refractivity (Wildman–Crippen MR) is 131 cm³/mol. The van der Waals surface area contributed by atoms with Crippen LogP contribution in [0.25, 0.3) is 11.2 Å². The van der Waals surface area contributed by atoms with Gasteiger partial charge in [0.05, 0.1) is 6.20 Å². The minimum atomic E-state index is -0.368. The standard InChI is InChI=1S/C25H31FN6OS/c1-17-13-18(3-8-27-17)16-30-9-4-19(5-10-30)24(33)31-11-6-21(7-12-31)32-23-22(29-25(32)34-2)14-20(26)15-28-23/h3,8,13-15,19,21H,4-7,9-12,16H2,1-2H3. The number of fused-ring (bicyclic) bond motifs is 1. The summed E-state index contributed by atoms with van der Waals surface area (Å²) in [6.45, 7) is 6.34. The topological polar surface area (TPSA) is 67.2 Å². The maximum absolute atomic E-state index is 13.6. The van der Waals surface area contributed by atoms with Crippen molar-refractivity contribution in [3.05, 3.63) is 47.7 Å². The summed E-state index contributed by atoms with van der Waals surface area (Å²) in [5.74, 6) is 0.0539. The summed E-state index contributed by atoms with van der Waals surface area (Å²) in [4.78, 5) is 30.9. The van der Waals surface area contributed by atoms with Crippen LogP contribution in [0.3, 0.4) is 0 Å². The van der Waals surface area contributed by atoms with Crippen molar-refractivity contribution in [2.24, 2.45) is 5.92 Å². The summed E-state index contributed by atoms with van der Waals surface area (Å²) >= 11 is 1.55. The summed E-state index contributed by atoms with van der Waals surface area (Å²) < 4.78 is 15.8. The van der Waals surface area contributed by atoms with Gasteiger partial charge in [-0.05, 0) is 69.6 Å². The molecule has 3 aromatic heterocycles. The summed E-state index contributed by atoms with van der Waals surface area (Å²) in [6.07, 6.45) is 8.67. The predicted octanol–water partition coefficient (Wildman–Crippen LogP) is 4.07.